The Labute approximate surface area is 172 Å². The van der Waals surface area contributed by atoms with Crippen molar-refractivity contribution in [2.24, 2.45) is 0 Å². The average molecular weight is 437 g/mol. The highest BCUT2D eigenvalue weighted by Crippen LogP contribution is 2.36. The monoisotopic (exact) mass is 437 g/mol. The molecule has 0 unspecified atom stereocenters. The summed E-state index contributed by atoms with van der Waals surface area (Å²) in [4.78, 5) is 21.4. The van der Waals surface area contributed by atoms with Gasteiger partial charge in [0.2, 0.25) is 5.91 Å². The number of benzene rings is 1. The lowest BCUT2D eigenvalue weighted by molar-refractivity contribution is -0.141. The molecule has 0 radical (unpaired) electrons. The number of halogens is 6. The lowest BCUT2D eigenvalue weighted by Crippen LogP contribution is -2.26. The molecule has 2 aromatic heterocycles. The third kappa shape index (κ3) is 4.23. The SMILES string of the molecule is O=C1Cc2ncc(-c3cccc(C(F)(F)F)c3)cc2N1Cc1ccc(C(F)(F)F)nc1. The molecule has 0 N–H and O–H groups in total. The first kappa shape index (κ1) is 20.8. The van der Waals surface area contributed by atoms with Crippen molar-refractivity contribution in [3.63, 3.8) is 0 Å². The van der Waals surface area contributed by atoms with Gasteiger partial charge in [0, 0.05) is 18.0 Å². The summed E-state index contributed by atoms with van der Waals surface area (Å²) in [6.45, 7) is -0.0370. The summed E-state index contributed by atoms with van der Waals surface area (Å²) in [5.41, 5.74) is 0.0296. The van der Waals surface area contributed by atoms with E-state index in [0.29, 0.717) is 22.5 Å². The third-order valence-corrected chi connectivity index (χ3v) is 4.84. The topological polar surface area (TPSA) is 46.1 Å². The molecule has 0 atom stereocenters. The fraction of sp³-hybridized carbons (Fsp3) is 0.190. The summed E-state index contributed by atoms with van der Waals surface area (Å²) in [7, 11) is 0. The zero-order valence-corrected chi connectivity index (χ0v) is 15.6. The Morgan fingerprint density at radius 1 is 0.871 bits per heavy atom. The molecule has 160 valence electrons. The van der Waals surface area contributed by atoms with E-state index in [2.05, 4.69) is 9.97 Å². The zero-order valence-electron chi connectivity index (χ0n) is 15.6. The maximum atomic E-state index is 13.0. The number of anilines is 1. The smallest absolute Gasteiger partial charge is 0.306 e. The van der Waals surface area contributed by atoms with Crippen molar-refractivity contribution in [2.75, 3.05) is 4.90 Å². The Morgan fingerprint density at radius 3 is 2.29 bits per heavy atom. The number of alkyl halides is 6. The van der Waals surface area contributed by atoms with Crippen LogP contribution in [-0.4, -0.2) is 15.9 Å². The predicted octanol–water partition coefficient (Wildman–Crippen LogP) is 5.27. The van der Waals surface area contributed by atoms with Crippen molar-refractivity contribution in [1.82, 2.24) is 9.97 Å². The number of amides is 1. The van der Waals surface area contributed by atoms with Crippen LogP contribution in [0.3, 0.4) is 0 Å². The molecule has 1 aromatic carbocycles. The number of carbonyl (C=O) groups excluding carboxylic acids is 1. The minimum absolute atomic E-state index is 0.00767. The van der Waals surface area contributed by atoms with Crippen molar-refractivity contribution in [3.8, 4) is 11.1 Å². The van der Waals surface area contributed by atoms with Crippen LogP contribution in [-0.2, 0) is 30.1 Å². The lowest BCUT2D eigenvalue weighted by Gasteiger charge is -2.18. The van der Waals surface area contributed by atoms with E-state index >= 15 is 0 Å². The first-order valence-electron chi connectivity index (χ1n) is 9.01. The fourth-order valence-electron chi connectivity index (χ4n) is 3.30. The summed E-state index contributed by atoms with van der Waals surface area (Å²) < 4.78 is 77.1. The molecule has 0 bridgehead atoms. The van der Waals surface area contributed by atoms with Gasteiger partial charge in [-0.2, -0.15) is 26.3 Å². The Balaban J connectivity index is 1.64. The highest BCUT2D eigenvalue weighted by atomic mass is 19.4. The molecule has 0 spiro atoms. The molecule has 1 aliphatic heterocycles. The van der Waals surface area contributed by atoms with Gasteiger partial charge in [-0.25, -0.2) is 0 Å². The second-order valence-electron chi connectivity index (χ2n) is 6.97. The normalized spacial score (nSPS) is 14.1. The van der Waals surface area contributed by atoms with Crippen LogP contribution in [0.4, 0.5) is 32.0 Å². The molecule has 3 heterocycles. The van der Waals surface area contributed by atoms with Gasteiger partial charge in [0.25, 0.3) is 0 Å². The largest absolute Gasteiger partial charge is 0.433 e. The highest BCUT2D eigenvalue weighted by Gasteiger charge is 2.33. The van der Waals surface area contributed by atoms with Gasteiger partial charge >= 0.3 is 12.4 Å². The van der Waals surface area contributed by atoms with E-state index in [4.69, 9.17) is 0 Å². The van der Waals surface area contributed by atoms with Gasteiger partial charge in [0.05, 0.1) is 29.9 Å². The molecule has 1 aliphatic rings. The van der Waals surface area contributed by atoms with Crippen LogP contribution in [0.25, 0.3) is 11.1 Å². The second-order valence-corrected chi connectivity index (χ2v) is 6.97. The molecule has 3 aromatic rings. The molecule has 1 amide bonds. The molecular formula is C21H13F6N3O. The van der Waals surface area contributed by atoms with E-state index in [1.54, 1.807) is 6.07 Å². The second kappa shape index (κ2) is 7.36. The van der Waals surface area contributed by atoms with E-state index in [-0.39, 0.29) is 24.4 Å². The molecule has 4 rings (SSSR count). The number of carbonyl (C=O) groups is 1. The van der Waals surface area contributed by atoms with Crippen LogP contribution in [0.2, 0.25) is 0 Å². The third-order valence-electron chi connectivity index (χ3n) is 4.84. The minimum atomic E-state index is -4.57. The van der Waals surface area contributed by atoms with Crippen molar-refractivity contribution >= 4 is 11.6 Å². The summed E-state index contributed by atoms with van der Waals surface area (Å²) in [6, 6.07) is 8.34. The zero-order chi connectivity index (χ0) is 22.4. The Bertz CT molecular complexity index is 1140. The van der Waals surface area contributed by atoms with Crippen molar-refractivity contribution < 1.29 is 31.1 Å². The summed E-state index contributed by atoms with van der Waals surface area (Å²) in [6.07, 6.45) is -6.65. The number of hydrogen-bond acceptors (Lipinski definition) is 3. The number of pyridine rings is 2. The van der Waals surface area contributed by atoms with Gasteiger partial charge in [-0.15, -0.1) is 0 Å². The molecule has 0 saturated heterocycles. The van der Waals surface area contributed by atoms with Crippen molar-refractivity contribution in [1.29, 1.82) is 0 Å². The number of fused-ring (bicyclic) bond motifs is 1. The van der Waals surface area contributed by atoms with Crippen LogP contribution >= 0.6 is 0 Å². The maximum absolute atomic E-state index is 13.0. The van der Waals surface area contributed by atoms with Gasteiger partial charge in [-0.3, -0.25) is 14.8 Å². The fourth-order valence-corrected chi connectivity index (χ4v) is 3.30. The summed E-state index contributed by atoms with van der Waals surface area (Å²) >= 11 is 0. The van der Waals surface area contributed by atoms with Gasteiger partial charge in [-0.05, 0) is 35.4 Å². The van der Waals surface area contributed by atoms with E-state index in [1.165, 1.54) is 29.3 Å². The number of aromatic nitrogens is 2. The minimum Gasteiger partial charge on any atom is -0.306 e. The van der Waals surface area contributed by atoms with Crippen LogP contribution in [0.5, 0.6) is 0 Å². The first-order valence-corrected chi connectivity index (χ1v) is 9.01. The van der Waals surface area contributed by atoms with Crippen molar-refractivity contribution in [2.45, 2.75) is 25.3 Å². The molecule has 0 saturated carbocycles. The average Bonchev–Trinajstić information content (AvgIpc) is 3.02. The Kier molecular flexibility index (Phi) is 4.95. The molecule has 4 nitrogen and oxygen atoms in total. The quantitative estimate of drug-likeness (QED) is 0.525. The predicted molar refractivity (Wildman–Crippen MR) is 98.8 cm³/mol. The first-order chi connectivity index (χ1) is 14.5. The maximum Gasteiger partial charge on any atom is 0.433 e. The molecule has 0 fully saturated rings. The molecule has 10 heteroatoms. The van der Waals surface area contributed by atoms with Crippen LogP contribution in [0, 0.1) is 0 Å². The van der Waals surface area contributed by atoms with Crippen LogP contribution in [0.15, 0.2) is 54.9 Å². The Morgan fingerprint density at radius 2 is 1.65 bits per heavy atom. The molecule has 31 heavy (non-hydrogen) atoms. The number of hydrogen-bond donors (Lipinski definition) is 0. The van der Waals surface area contributed by atoms with Gasteiger partial charge in [0.15, 0.2) is 0 Å². The van der Waals surface area contributed by atoms with Crippen LogP contribution in [0.1, 0.15) is 22.5 Å². The number of nitrogens with zero attached hydrogens (tertiary/aromatic N) is 3. The standard InChI is InChI=1S/C21H13F6N3O/c22-20(23,24)15-3-1-2-13(6-15)14-7-17-16(28-10-14)8-19(31)30(17)11-12-4-5-18(29-9-12)21(25,26)27/h1-7,9-10H,8,11H2. The van der Waals surface area contributed by atoms with E-state index in [9.17, 15) is 31.1 Å². The number of rotatable bonds is 3. The molecule has 0 aliphatic carbocycles. The van der Waals surface area contributed by atoms with Crippen LogP contribution < -0.4 is 4.90 Å². The highest BCUT2D eigenvalue weighted by molar-refractivity contribution is 6.01. The lowest BCUT2D eigenvalue weighted by atomic mass is 10.0. The van der Waals surface area contributed by atoms with E-state index in [1.807, 2.05) is 0 Å². The Hall–Kier alpha value is -3.43. The summed E-state index contributed by atoms with van der Waals surface area (Å²) in [5, 5.41) is 0. The van der Waals surface area contributed by atoms with Gasteiger partial charge in [0.1, 0.15) is 5.69 Å². The van der Waals surface area contributed by atoms with Gasteiger partial charge < -0.3 is 4.90 Å². The van der Waals surface area contributed by atoms with Crippen molar-refractivity contribution in [3.05, 3.63) is 77.4 Å². The van der Waals surface area contributed by atoms with E-state index in [0.717, 1.165) is 24.4 Å². The molecular weight excluding hydrogens is 424 g/mol. The van der Waals surface area contributed by atoms with Gasteiger partial charge in [-0.1, -0.05) is 18.2 Å². The van der Waals surface area contributed by atoms with E-state index < -0.39 is 23.6 Å². The summed E-state index contributed by atoms with van der Waals surface area (Å²) in [5.74, 6) is -0.316.